The summed E-state index contributed by atoms with van der Waals surface area (Å²) in [7, 11) is 0. The first-order chi connectivity index (χ1) is 8.10. The molecule has 1 aromatic rings. The first-order valence-corrected chi connectivity index (χ1v) is 7.58. The lowest BCUT2D eigenvalue weighted by molar-refractivity contribution is -0.147. The maximum absolute atomic E-state index is 10.9. The van der Waals surface area contributed by atoms with Gasteiger partial charge in [-0.25, -0.2) is 4.79 Å². The Balaban J connectivity index is 3.06. The zero-order valence-electron chi connectivity index (χ0n) is 9.52. The molecule has 0 aromatic heterocycles. The van der Waals surface area contributed by atoms with Crippen LogP contribution in [0, 0.1) is 0 Å². The van der Waals surface area contributed by atoms with E-state index in [0.29, 0.717) is 5.56 Å². The Labute approximate surface area is 113 Å². The molecule has 5 heteroatoms. The number of aliphatic hydroxyl groups is 1. The van der Waals surface area contributed by atoms with Crippen LogP contribution in [0.4, 0.5) is 0 Å². The Morgan fingerprint density at radius 2 is 2.24 bits per heavy atom. The molecule has 0 aliphatic carbocycles. The molecule has 1 atom stereocenters. The van der Waals surface area contributed by atoms with E-state index in [1.807, 2.05) is 18.4 Å². The van der Waals surface area contributed by atoms with E-state index < -0.39 is 12.1 Å². The number of alkyl halides is 1. The summed E-state index contributed by atoms with van der Waals surface area (Å²) in [5, 5.41) is 19.4. The van der Waals surface area contributed by atoms with Gasteiger partial charge in [0, 0.05) is 10.2 Å². The molecule has 0 spiro atoms. The van der Waals surface area contributed by atoms with Crippen LogP contribution in [0.3, 0.4) is 0 Å². The van der Waals surface area contributed by atoms with Crippen molar-refractivity contribution in [2.45, 2.75) is 23.8 Å². The van der Waals surface area contributed by atoms with E-state index >= 15 is 0 Å². The SMILES string of the molecule is CSc1ccc(CCCBr)c(C(O)C(=O)O)c1. The number of aliphatic hydroxyl groups excluding tert-OH is 1. The Hall–Kier alpha value is -0.520. The molecular weight excluding hydrogens is 304 g/mol. The third-order valence-corrected chi connectivity index (χ3v) is 3.75. The van der Waals surface area contributed by atoms with E-state index in [1.54, 1.807) is 6.07 Å². The van der Waals surface area contributed by atoms with Crippen molar-refractivity contribution in [1.29, 1.82) is 0 Å². The number of aliphatic carboxylic acids is 1. The highest BCUT2D eigenvalue weighted by Gasteiger charge is 2.19. The van der Waals surface area contributed by atoms with Crippen LogP contribution in [-0.2, 0) is 11.2 Å². The molecule has 94 valence electrons. The van der Waals surface area contributed by atoms with Gasteiger partial charge in [0.2, 0.25) is 0 Å². The molecule has 0 aliphatic heterocycles. The molecule has 0 fully saturated rings. The first-order valence-electron chi connectivity index (χ1n) is 5.23. The number of hydrogen-bond acceptors (Lipinski definition) is 3. The van der Waals surface area contributed by atoms with Gasteiger partial charge < -0.3 is 10.2 Å². The molecule has 0 bridgehead atoms. The summed E-state index contributed by atoms with van der Waals surface area (Å²) < 4.78 is 0. The van der Waals surface area contributed by atoms with Crippen LogP contribution in [0.5, 0.6) is 0 Å². The van der Waals surface area contributed by atoms with Crippen molar-refractivity contribution in [1.82, 2.24) is 0 Å². The van der Waals surface area contributed by atoms with Crippen molar-refractivity contribution in [3.63, 3.8) is 0 Å². The molecule has 0 amide bonds. The van der Waals surface area contributed by atoms with Crippen LogP contribution in [-0.4, -0.2) is 27.8 Å². The largest absolute Gasteiger partial charge is 0.479 e. The topological polar surface area (TPSA) is 57.5 Å². The Kier molecular flexibility index (Phi) is 6.02. The molecule has 3 nitrogen and oxygen atoms in total. The smallest absolute Gasteiger partial charge is 0.337 e. The molecule has 0 saturated carbocycles. The van der Waals surface area contributed by atoms with Gasteiger partial charge in [-0.05, 0) is 42.4 Å². The van der Waals surface area contributed by atoms with E-state index in [-0.39, 0.29) is 0 Å². The Morgan fingerprint density at radius 1 is 1.53 bits per heavy atom. The van der Waals surface area contributed by atoms with Crippen molar-refractivity contribution >= 4 is 33.7 Å². The van der Waals surface area contributed by atoms with E-state index in [0.717, 1.165) is 28.6 Å². The molecular formula is C12H15BrO3S. The fourth-order valence-corrected chi connectivity index (χ4v) is 2.30. The second kappa shape index (κ2) is 7.03. The predicted molar refractivity (Wildman–Crippen MR) is 72.9 cm³/mol. The number of benzene rings is 1. The minimum absolute atomic E-state index is 0.505. The van der Waals surface area contributed by atoms with Gasteiger partial charge in [0.25, 0.3) is 0 Å². The number of carbonyl (C=O) groups is 1. The quantitative estimate of drug-likeness (QED) is 0.625. The summed E-state index contributed by atoms with van der Waals surface area (Å²) >= 11 is 4.87. The molecule has 0 heterocycles. The normalized spacial score (nSPS) is 12.4. The first kappa shape index (κ1) is 14.5. The third kappa shape index (κ3) is 4.01. The van der Waals surface area contributed by atoms with Gasteiger partial charge in [0.15, 0.2) is 6.10 Å². The van der Waals surface area contributed by atoms with Gasteiger partial charge in [-0.1, -0.05) is 22.0 Å². The van der Waals surface area contributed by atoms with Gasteiger partial charge in [-0.2, -0.15) is 0 Å². The fraction of sp³-hybridized carbons (Fsp3) is 0.417. The third-order valence-electron chi connectivity index (χ3n) is 2.46. The van der Waals surface area contributed by atoms with Crippen LogP contribution in [0.2, 0.25) is 0 Å². The predicted octanol–water partition coefficient (Wildman–Crippen LogP) is 2.85. The molecule has 0 aliphatic rings. The number of halogens is 1. The van der Waals surface area contributed by atoms with Crippen molar-refractivity contribution in [2.24, 2.45) is 0 Å². The van der Waals surface area contributed by atoms with Gasteiger partial charge in [-0.15, -0.1) is 11.8 Å². The maximum Gasteiger partial charge on any atom is 0.337 e. The van der Waals surface area contributed by atoms with Gasteiger partial charge in [0.05, 0.1) is 0 Å². The molecule has 17 heavy (non-hydrogen) atoms. The monoisotopic (exact) mass is 318 g/mol. The van der Waals surface area contributed by atoms with Crippen LogP contribution in [0.25, 0.3) is 0 Å². The number of carboxylic acids is 1. The zero-order chi connectivity index (χ0) is 12.8. The molecule has 2 N–H and O–H groups in total. The summed E-state index contributed by atoms with van der Waals surface area (Å²) in [4.78, 5) is 11.8. The lowest BCUT2D eigenvalue weighted by atomic mass is 9.99. The Morgan fingerprint density at radius 3 is 2.76 bits per heavy atom. The molecule has 1 unspecified atom stereocenters. The second-order valence-electron chi connectivity index (χ2n) is 3.60. The van der Waals surface area contributed by atoms with E-state index in [4.69, 9.17) is 5.11 Å². The van der Waals surface area contributed by atoms with Gasteiger partial charge >= 0.3 is 5.97 Å². The summed E-state index contributed by atoms with van der Waals surface area (Å²) in [6, 6.07) is 5.61. The fourth-order valence-electron chi connectivity index (χ4n) is 1.57. The maximum atomic E-state index is 10.9. The summed E-state index contributed by atoms with van der Waals surface area (Å²) in [6.45, 7) is 0. The van der Waals surface area contributed by atoms with Crippen LogP contribution >= 0.6 is 27.7 Å². The van der Waals surface area contributed by atoms with E-state index in [1.165, 1.54) is 11.8 Å². The number of aryl methyl sites for hydroxylation is 1. The standard InChI is InChI=1S/C12H15BrO3S/c1-17-9-5-4-8(3-2-6-13)10(7-9)11(14)12(15)16/h4-5,7,11,14H,2-3,6H2,1H3,(H,15,16). The van der Waals surface area contributed by atoms with E-state index in [9.17, 15) is 9.90 Å². The number of carboxylic acid groups (broad SMARTS) is 1. The number of hydrogen-bond donors (Lipinski definition) is 2. The van der Waals surface area contributed by atoms with Crippen molar-refractivity contribution in [2.75, 3.05) is 11.6 Å². The van der Waals surface area contributed by atoms with Crippen LogP contribution < -0.4 is 0 Å². The Bertz CT molecular complexity index is 395. The average molecular weight is 319 g/mol. The van der Waals surface area contributed by atoms with E-state index in [2.05, 4.69) is 15.9 Å². The minimum atomic E-state index is -1.44. The van der Waals surface area contributed by atoms with Gasteiger partial charge in [0.1, 0.15) is 0 Å². The van der Waals surface area contributed by atoms with Gasteiger partial charge in [-0.3, -0.25) is 0 Å². The highest BCUT2D eigenvalue weighted by atomic mass is 79.9. The number of rotatable bonds is 6. The van der Waals surface area contributed by atoms with Crippen molar-refractivity contribution in [3.05, 3.63) is 29.3 Å². The lowest BCUT2D eigenvalue weighted by Gasteiger charge is -2.13. The molecule has 0 saturated heterocycles. The molecule has 0 radical (unpaired) electrons. The summed E-state index contributed by atoms with van der Waals surface area (Å²) in [6.07, 6.45) is 2.16. The summed E-state index contributed by atoms with van der Waals surface area (Å²) in [5.41, 5.74) is 1.41. The highest BCUT2D eigenvalue weighted by molar-refractivity contribution is 9.09. The zero-order valence-corrected chi connectivity index (χ0v) is 11.9. The highest BCUT2D eigenvalue weighted by Crippen LogP contribution is 2.25. The summed E-state index contributed by atoms with van der Waals surface area (Å²) in [5.74, 6) is -1.21. The van der Waals surface area contributed by atoms with Crippen molar-refractivity contribution < 1.29 is 15.0 Å². The molecule has 1 rings (SSSR count). The average Bonchev–Trinajstić information content (AvgIpc) is 2.35. The number of thioether (sulfide) groups is 1. The second-order valence-corrected chi connectivity index (χ2v) is 5.27. The molecule has 1 aromatic carbocycles. The van der Waals surface area contributed by atoms with Crippen molar-refractivity contribution in [3.8, 4) is 0 Å². The van der Waals surface area contributed by atoms with Crippen LogP contribution in [0.1, 0.15) is 23.7 Å². The minimum Gasteiger partial charge on any atom is -0.479 e. The lowest BCUT2D eigenvalue weighted by Crippen LogP contribution is -2.13. The van der Waals surface area contributed by atoms with Crippen LogP contribution in [0.15, 0.2) is 23.1 Å².